The normalized spacial score (nSPS) is 21.6. The third kappa shape index (κ3) is 6.03. The van der Waals surface area contributed by atoms with Gasteiger partial charge in [0.15, 0.2) is 6.17 Å². The number of benzene rings is 2. The van der Waals surface area contributed by atoms with Crippen LogP contribution in [0.5, 0.6) is 5.75 Å². The van der Waals surface area contributed by atoms with Gasteiger partial charge in [0, 0.05) is 42.6 Å². The Balaban J connectivity index is 1.52. The molecule has 1 aliphatic heterocycles. The van der Waals surface area contributed by atoms with Gasteiger partial charge in [-0.25, -0.2) is 14.0 Å². The fraction of sp³-hybridized carbons (Fsp3) is 0.400. The Bertz CT molecular complexity index is 1110. The summed E-state index contributed by atoms with van der Waals surface area (Å²) in [5.41, 5.74) is 6.72. The Morgan fingerprint density at radius 3 is 2.08 bits per heavy atom. The molecule has 5 N–H and O–H groups in total. The molecule has 4 rings (SSSR count). The molecule has 10 nitrogen and oxygen atoms in total. The largest absolute Gasteiger partial charge is 0.497 e. The highest BCUT2D eigenvalue weighted by Gasteiger charge is 2.43. The molecule has 36 heavy (non-hydrogen) atoms. The summed E-state index contributed by atoms with van der Waals surface area (Å²) in [5, 5.41) is 8.38. The maximum absolute atomic E-state index is 13.6. The molecule has 0 radical (unpaired) electrons. The Morgan fingerprint density at radius 1 is 0.917 bits per heavy atom. The van der Waals surface area contributed by atoms with Crippen molar-refractivity contribution in [3.8, 4) is 5.75 Å². The summed E-state index contributed by atoms with van der Waals surface area (Å²) in [6, 6.07) is 11.2. The molecule has 0 spiro atoms. The fourth-order valence-corrected chi connectivity index (χ4v) is 4.53. The average Bonchev–Trinajstić information content (AvgIpc) is 3.31. The number of carbonyl (C=O) groups excluding carboxylic acids is 3. The first-order valence-corrected chi connectivity index (χ1v) is 11.9. The quantitative estimate of drug-likeness (QED) is 0.504. The van der Waals surface area contributed by atoms with E-state index in [2.05, 4.69) is 16.0 Å². The Kier molecular flexibility index (Phi) is 7.89. The zero-order chi connectivity index (χ0) is 25.7. The molecule has 1 aliphatic carbocycles. The lowest BCUT2D eigenvalue weighted by Crippen LogP contribution is -2.57. The minimum atomic E-state index is -1.18. The molecule has 192 valence electrons. The molecule has 1 saturated carbocycles. The van der Waals surface area contributed by atoms with E-state index in [-0.39, 0.29) is 30.9 Å². The van der Waals surface area contributed by atoms with Crippen LogP contribution in [0, 0.1) is 5.82 Å². The van der Waals surface area contributed by atoms with Crippen LogP contribution in [-0.4, -0.2) is 66.2 Å². The first-order valence-electron chi connectivity index (χ1n) is 11.9. The van der Waals surface area contributed by atoms with Gasteiger partial charge in [-0.15, -0.1) is 0 Å². The summed E-state index contributed by atoms with van der Waals surface area (Å²) < 4.78 is 18.8. The second-order valence-electron chi connectivity index (χ2n) is 8.98. The van der Waals surface area contributed by atoms with E-state index in [1.165, 1.54) is 35.1 Å². The number of hydrogen-bond donors (Lipinski definition) is 4. The highest BCUT2D eigenvalue weighted by atomic mass is 19.1. The molecule has 2 aliphatic rings. The molecule has 1 atom stereocenters. The molecular formula is C25H31FN6O4. The molecule has 2 aromatic rings. The van der Waals surface area contributed by atoms with Crippen molar-refractivity contribution < 1.29 is 23.5 Å². The van der Waals surface area contributed by atoms with Gasteiger partial charge < -0.3 is 26.4 Å². The lowest BCUT2D eigenvalue weighted by atomic mass is 9.92. The van der Waals surface area contributed by atoms with Gasteiger partial charge in [-0.3, -0.25) is 14.6 Å². The van der Waals surface area contributed by atoms with E-state index in [0.29, 0.717) is 11.4 Å². The number of hydrogen-bond acceptors (Lipinski definition) is 5. The maximum Gasteiger partial charge on any atom is 0.323 e. The van der Waals surface area contributed by atoms with Gasteiger partial charge in [-0.05, 0) is 56.0 Å². The lowest BCUT2D eigenvalue weighted by Gasteiger charge is -2.32. The van der Waals surface area contributed by atoms with Crippen LogP contribution in [0.2, 0.25) is 0 Å². The van der Waals surface area contributed by atoms with Crippen molar-refractivity contribution in [3.05, 3.63) is 54.3 Å². The van der Waals surface area contributed by atoms with Crippen LogP contribution >= 0.6 is 0 Å². The van der Waals surface area contributed by atoms with Gasteiger partial charge in [0.2, 0.25) is 0 Å². The van der Waals surface area contributed by atoms with E-state index in [9.17, 15) is 18.8 Å². The van der Waals surface area contributed by atoms with Crippen LogP contribution in [-0.2, 0) is 4.79 Å². The first-order chi connectivity index (χ1) is 17.3. The van der Waals surface area contributed by atoms with Gasteiger partial charge in [0.05, 0.1) is 7.11 Å². The summed E-state index contributed by atoms with van der Waals surface area (Å²) in [7, 11) is 1.52. The Hall–Kier alpha value is -3.86. The van der Waals surface area contributed by atoms with Gasteiger partial charge in [-0.1, -0.05) is 12.1 Å². The van der Waals surface area contributed by atoms with Crippen molar-refractivity contribution in [1.82, 2.24) is 15.1 Å². The minimum absolute atomic E-state index is 0.0886. The molecule has 11 heteroatoms. The number of halogens is 1. The zero-order valence-corrected chi connectivity index (χ0v) is 20.1. The van der Waals surface area contributed by atoms with E-state index in [1.807, 2.05) is 0 Å². The van der Waals surface area contributed by atoms with Crippen LogP contribution in [0.3, 0.4) is 0 Å². The first kappa shape index (κ1) is 25.2. The predicted octanol–water partition coefficient (Wildman–Crippen LogP) is 2.93. The summed E-state index contributed by atoms with van der Waals surface area (Å²) in [5.74, 6) is -0.392. The Morgan fingerprint density at radius 2 is 1.50 bits per heavy atom. The topological polar surface area (TPSA) is 129 Å². The molecule has 2 fully saturated rings. The highest BCUT2D eigenvalue weighted by molar-refractivity contribution is 5.98. The Labute approximate surface area is 208 Å². The van der Waals surface area contributed by atoms with Crippen molar-refractivity contribution in [2.24, 2.45) is 5.73 Å². The van der Waals surface area contributed by atoms with Gasteiger partial charge in [0.1, 0.15) is 11.6 Å². The van der Waals surface area contributed by atoms with Crippen molar-refractivity contribution in [2.75, 3.05) is 30.8 Å². The maximum atomic E-state index is 13.6. The smallest absolute Gasteiger partial charge is 0.323 e. The standard InChI is InChI=1S/C25H31FN6O4/c1-36-21-7-3-6-20(15-21)30-25(35)32-13-12-31(24(34)29-19-5-2-4-16(26)14-19)23(32)22(33)28-18-10-8-17(27)9-11-18/h2-7,14-15,17-18,23H,8-13,27H2,1H3,(H,28,33)(H,29,34)(H,30,35). The number of amides is 5. The third-order valence-electron chi connectivity index (χ3n) is 6.44. The SMILES string of the molecule is COc1cccc(NC(=O)N2CCN(C(=O)Nc3cccc(F)c3)C2C(=O)NC2CCC(N)CC2)c1. The average molecular weight is 499 g/mol. The van der Waals surface area contributed by atoms with Crippen molar-refractivity contribution in [1.29, 1.82) is 0 Å². The monoisotopic (exact) mass is 498 g/mol. The summed E-state index contributed by atoms with van der Waals surface area (Å²) in [6.45, 7) is 0.264. The molecule has 5 amide bonds. The number of rotatable bonds is 5. The molecule has 2 aromatic carbocycles. The van der Waals surface area contributed by atoms with E-state index in [0.717, 1.165) is 25.7 Å². The van der Waals surface area contributed by atoms with Crippen LogP contribution in [0.15, 0.2) is 48.5 Å². The fourth-order valence-electron chi connectivity index (χ4n) is 4.53. The van der Waals surface area contributed by atoms with Crippen molar-refractivity contribution in [3.63, 3.8) is 0 Å². The van der Waals surface area contributed by atoms with Crippen molar-refractivity contribution >= 4 is 29.3 Å². The molecule has 0 aromatic heterocycles. The number of carbonyl (C=O) groups is 3. The number of nitrogens with two attached hydrogens (primary N) is 1. The van der Waals surface area contributed by atoms with E-state index in [4.69, 9.17) is 10.5 Å². The van der Waals surface area contributed by atoms with E-state index in [1.54, 1.807) is 30.3 Å². The molecular weight excluding hydrogens is 467 g/mol. The van der Waals surface area contributed by atoms with Gasteiger partial charge in [-0.2, -0.15) is 0 Å². The second-order valence-corrected chi connectivity index (χ2v) is 8.98. The molecule has 1 saturated heterocycles. The van der Waals surface area contributed by atoms with Crippen LogP contribution in [0.25, 0.3) is 0 Å². The number of nitrogens with one attached hydrogen (secondary N) is 3. The summed E-state index contributed by atoms with van der Waals surface area (Å²) in [4.78, 5) is 42.3. The predicted molar refractivity (Wildman–Crippen MR) is 133 cm³/mol. The number of methoxy groups -OCH3 is 1. The van der Waals surface area contributed by atoms with Crippen LogP contribution in [0.1, 0.15) is 25.7 Å². The number of ether oxygens (including phenoxy) is 1. The number of urea groups is 2. The number of nitrogens with zero attached hydrogens (tertiary/aromatic N) is 2. The second kappa shape index (κ2) is 11.3. The van der Waals surface area contributed by atoms with E-state index < -0.39 is 30.0 Å². The third-order valence-corrected chi connectivity index (χ3v) is 6.44. The van der Waals surface area contributed by atoms with Crippen LogP contribution in [0.4, 0.5) is 25.4 Å². The highest BCUT2D eigenvalue weighted by Crippen LogP contribution is 2.23. The van der Waals surface area contributed by atoms with Crippen LogP contribution < -0.4 is 26.4 Å². The summed E-state index contributed by atoms with van der Waals surface area (Å²) in [6.07, 6.45) is 1.86. The zero-order valence-electron chi connectivity index (χ0n) is 20.1. The van der Waals surface area contributed by atoms with Crippen molar-refractivity contribution in [2.45, 2.75) is 43.9 Å². The summed E-state index contributed by atoms with van der Waals surface area (Å²) >= 11 is 0. The molecule has 0 bridgehead atoms. The molecule has 1 unspecified atom stereocenters. The van der Waals surface area contributed by atoms with E-state index >= 15 is 0 Å². The number of anilines is 2. The molecule has 1 heterocycles. The van der Waals surface area contributed by atoms with Gasteiger partial charge >= 0.3 is 12.1 Å². The van der Waals surface area contributed by atoms with Gasteiger partial charge in [0.25, 0.3) is 5.91 Å². The lowest BCUT2D eigenvalue weighted by molar-refractivity contribution is -0.128. The minimum Gasteiger partial charge on any atom is -0.497 e.